The van der Waals surface area contributed by atoms with Crippen LogP contribution < -0.4 is 4.74 Å². The summed E-state index contributed by atoms with van der Waals surface area (Å²) in [4.78, 5) is 11.4. The number of hydrogen-bond donors (Lipinski definition) is 0. The molecule has 1 radical (unpaired) electrons. The predicted molar refractivity (Wildman–Crippen MR) is 45.2 cm³/mol. The predicted octanol–water partition coefficient (Wildman–Crippen LogP) is 1.46. The molecule has 4 heteroatoms. The van der Waals surface area contributed by atoms with Crippen LogP contribution in [0.15, 0.2) is 37.1 Å². The molecule has 0 aliphatic carbocycles. The summed E-state index contributed by atoms with van der Waals surface area (Å²) in [5, 5.41) is 0. The molecule has 0 bridgehead atoms. The lowest BCUT2D eigenvalue weighted by molar-refractivity contribution is 0.475. The van der Waals surface area contributed by atoms with Crippen molar-refractivity contribution in [3.63, 3.8) is 0 Å². The molecule has 0 unspecified atom stereocenters. The quantitative estimate of drug-likeness (QED) is 0.688. The summed E-state index contributed by atoms with van der Waals surface area (Å²) in [6, 6.07) is 3.44. The molecule has 0 saturated carbocycles. The third-order valence-electron chi connectivity index (χ3n) is 1.36. The molecule has 63 valence electrons. The molecule has 13 heavy (non-hydrogen) atoms. The van der Waals surface area contributed by atoms with E-state index in [2.05, 4.69) is 21.1 Å². The van der Waals surface area contributed by atoms with Gasteiger partial charge in [0.2, 0.25) is 0 Å². The van der Waals surface area contributed by atoms with Gasteiger partial charge < -0.3 is 4.74 Å². The van der Waals surface area contributed by atoms with Gasteiger partial charge in [0.05, 0.1) is 24.8 Å². The zero-order valence-electron chi connectivity index (χ0n) is 6.71. The van der Waals surface area contributed by atoms with Crippen LogP contribution >= 0.6 is 0 Å². The lowest BCUT2D eigenvalue weighted by Gasteiger charge is -2.01. The smallest absolute Gasteiger partial charge is 0.164 e. The number of ether oxygens (including phenoxy) is 1. The van der Waals surface area contributed by atoms with Crippen molar-refractivity contribution >= 4 is 0 Å². The number of aromatic nitrogens is 3. The Morgan fingerprint density at radius 2 is 1.92 bits per heavy atom. The van der Waals surface area contributed by atoms with Gasteiger partial charge in [0.1, 0.15) is 12.1 Å². The molecule has 0 N–H and O–H groups in total. The van der Waals surface area contributed by atoms with Gasteiger partial charge in [-0.05, 0) is 12.1 Å². The highest BCUT2D eigenvalue weighted by molar-refractivity contribution is 5.23. The summed E-state index contributed by atoms with van der Waals surface area (Å²) < 4.78 is 5.37. The molecular formula is C9H6N3O. The minimum atomic E-state index is 0.593. The maximum Gasteiger partial charge on any atom is 0.164 e. The number of rotatable bonds is 2. The highest BCUT2D eigenvalue weighted by atomic mass is 16.5. The van der Waals surface area contributed by atoms with E-state index in [4.69, 9.17) is 4.74 Å². The van der Waals surface area contributed by atoms with E-state index in [1.54, 1.807) is 30.7 Å². The van der Waals surface area contributed by atoms with Gasteiger partial charge in [-0.2, -0.15) is 0 Å². The van der Waals surface area contributed by atoms with E-state index in [-0.39, 0.29) is 0 Å². The van der Waals surface area contributed by atoms with Crippen molar-refractivity contribution in [1.82, 2.24) is 15.0 Å². The summed E-state index contributed by atoms with van der Waals surface area (Å²) in [5.41, 5.74) is 0. The Hall–Kier alpha value is -1.97. The molecule has 0 spiro atoms. The molecule has 0 aliphatic rings. The summed E-state index contributed by atoms with van der Waals surface area (Å²) in [7, 11) is 0. The molecule has 0 aromatic carbocycles. The molecular weight excluding hydrogens is 166 g/mol. The Balaban J connectivity index is 2.16. The van der Waals surface area contributed by atoms with Crippen molar-refractivity contribution in [2.24, 2.45) is 0 Å². The molecule has 0 aliphatic heterocycles. The number of nitrogens with zero attached hydrogens (tertiary/aromatic N) is 3. The van der Waals surface area contributed by atoms with Crippen LogP contribution in [-0.2, 0) is 0 Å². The Morgan fingerprint density at radius 3 is 2.62 bits per heavy atom. The Kier molecular flexibility index (Phi) is 2.14. The van der Waals surface area contributed by atoms with Crippen molar-refractivity contribution in [2.75, 3.05) is 0 Å². The van der Waals surface area contributed by atoms with E-state index in [9.17, 15) is 0 Å². The topological polar surface area (TPSA) is 47.9 Å². The standard InChI is InChI=1S/C9H6N3O/c1-2-8(4-10-3-1)13-9-5-11-7-12-6-9/h1-2,4-7H. The fraction of sp³-hybridized carbons (Fsp3) is 0. The second-order valence-electron chi connectivity index (χ2n) is 2.30. The Bertz CT molecular complexity index is 326. The lowest BCUT2D eigenvalue weighted by atomic mass is 10.4. The van der Waals surface area contributed by atoms with Crippen molar-refractivity contribution in [1.29, 1.82) is 0 Å². The van der Waals surface area contributed by atoms with Gasteiger partial charge in [-0.15, -0.1) is 0 Å². The Labute approximate surface area is 75.3 Å². The summed E-state index contributed by atoms with van der Waals surface area (Å²) in [5.74, 6) is 1.24. The van der Waals surface area contributed by atoms with Crippen LogP contribution in [0, 0.1) is 6.20 Å². The largest absolute Gasteiger partial charge is 0.452 e. The average Bonchev–Trinajstić information content (AvgIpc) is 2.21. The fourth-order valence-corrected chi connectivity index (χ4v) is 0.841. The molecule has 0 atom stereocenters. The lowest BCUT2D eigenvalue weighted by Crippen LogP contribution is -1.86. The molecule has 2 heterocycles. The van der Waals surface area contributed by atoms with Crippen molar-refractivity contribution < 1.29 is 4.74 Å². The van der Waals surface area contributed by atoms with E-state index >= 15 is 0 Å². The number of pyridine rings is 1. The first kappa shape index (κ1) is 7.67. The normalized spacial score (nSPS) is 9.54. The van der Waals surface area contributed by atoms with Gasteiger partial charge in [0.25, 0.3) is 0 Å². The van der Waals surface area contributed by atoms with Gasteiger partial charge in [0.15, 0.2) is 5.75 Å². The van der Waals surface area contributed by atoms with Crippen LogP contribution in [0.2, 0.25) is 0 Å². The fourth-order valence-electron chi connectivity index (χ4n) is 0.841. The van der Waals surface area contributed by atoms with E-state index in [0.717, 1.165) is 0 Å². The number of hydrogen-bond acceptors (Lipinski definition) is 4. The third-order valence-corrected chi connectivity index (χ3v) is 1.36. The monoisotopic (exact) mass is 172 g/mol. The maximum absolute atomic E-state index is 5.37. The molecule has 0 saturated heterocycles. The van der Waals surface area contributed by atoms with Crippen molar-refractivity contribution in [3.05, 3.63) is 43.2 Å². The average molecular weight is 172 g/mol. The first-order chi connectivity index (χ1) is 6.45. The van der Waals surface area contributed by atoms with Crippen molar-refractivity contribution in [2.45, 2.75) is 0 Å². The van der Waals surface area contributed by atoms with Gasteiger partial charge in [-0.1, -0.05) is 0 Å². The van der Waals surface area contributed by atoms with Gasteiger partial charge in [-0.25, -0.2) is 9.97 Å². The van der Waals surface area contributed by atoms with Crippen LogP contribution in [0.3, 0.4) is 0 Å². The van der Waals surface area contributed by atoms with Crippen LogP contribution in [0.25, 0.3) is 0 Å². The first-order valence-corrected chi connectivity index (χ1v) is 3.70. The van der Waals surface area contributed by atoms with Crippen LogP contribution in [0.1, 0.15) is 0 Å². The van der Waals surface area contributed by atoms with Crippen LogP contribution in [0.4, 0.5) is 0 Å². The molecule has 2 rings (SSSR count). The van der Waals surface area contributed by atoms with Gasteiger partial charge in [-0.3, -0.25) is 4.98 Å². The van der Waals surface area contributed by atoms with Gasteiger partial charge >= 0.3 is 0 Å². The second kappa shape index (κ2) is 3.62. The molecule has 2 aromatic heterocycles. The molecule has 0 amide bonds. The van der Waals surface area contributed by atoms with Gasteiger partial charge in [0, 0.05) is 0 Å². The zero-order chi connectivity index (χ0) is 8.93. The minimum absolute atomic E-state index is 0.593. The highest BCUT2D eigenvalue weighted by Crippen LogP contribution is 2.16. The molecule has 4 nitrogen and oxygen atoms in total. The molecule has 0 fully saturated rings. The van der Waals surface area contributed by atoms with E-state index in [1.165, 1.54) is 6.33 Å². The SMILES string of the molecule is [c]1ccc(Oc2cncnc2)cn1. The van der Waals surface area contributed by atoms with Crippen molar-refractivity contribution in [3.8, 4) is 11.5 Å². The van der Waals surface area contributed by atoms with E-state index in [0.29, 0.717) is 11.5 Å². The summed E-state index contributed by atoms with van der Waals surface area (Å²) >= 11 is 0. The highest BCUT2D eigenvalue weighted by Gasteiger charge is 1.94. The van der Waals surface area contributed by atoms with E-state index < -0.39 is 0 Å². The maximum atomic E-state index is 5.37. The van der Waals surface area contributed by atoms with E-state index in [1.807, 2.05) is 0 Å². The summed E-state index contributed by atoms with van der Waals surface area (Å²) in [6.45, 7) is 0. The second-order valence-corrected chi connectivity index (χ2v) is 2.30. The van der Waals surface area contributed by atoms with Crippen LogP contribution in [-0.4, -0.2) is 15.0 Å². The molecule has 2 aromatic rings. The van der Waals surface area contributed by atoms with Crippen LogP contribution in [0.5, 0.6) is 11.5 Å². The minimum Gasteiger partial charge on any atom is -0.452 e. The Morgan fingerprint density at radius 1 is 1.08 bits per heavy atom. The third kappa shape index (κ3) is 1.99. The zero-order valence-corrected chi connectivity index (χ0v) is 6.71. The first-order valence-electron chi connectivity index (χ1n) is 3.70. The summed E-state index contributed by atoms with van der Waals surface area (Å²) in [6.07, 6.45) is 8.86.